The standard InChI is InChI=1S/C19H30N2O2/c1-12(2)17-7-6-13(3)10-18(17)23-15(5)19(22)21-9-8-16(20)11-14(21)4/h6-7,10,12,14-16H,8-9,11,20H2,1-5H3. The first-order valence-corrected chi connectivity index (χ1v) is 8.62. The predicted molar refractivity (Wildman–Crippen MR) is 93.7 cm³/mol. The Hall–Kier alpha value is -1.55. The van der Waals surface area contributed by atoms with Gasteiger partial charge in [0.2, 0.25) is 0 Å². The van der Waals surface area contributed by atoms with Crippen LogP contribution in [0.2, 0.25) is 0 Å². The molecule has 1 saturated heterocycles. The number of carbonyl (C=O) groups excluding carboxylic acids is 1. The predicted octanol–water partition coefficient (Wildman–Crippen LogP) is 3.22. The highest BCUT2D eigenvalue weighted by molar-refractivity contribution is 5.81. The van der Waals surface area contributed by atoms with Gasteiger partial charge in [0.1, 0.15) is 5.75 Å². The molecule has 3 unspecified atom stereocenters. The van der Waals surface area contributed by atoms with Gasteiger partial charge in [0, 0.05) is 18.6 Å². The Bertz CT molecular complexity index is 556. The zero-order chi connectivity index (χ0) is 17.1. The fourth-order valence-corrected chi connectivity index (χ4v) is 3.23. The lowest BCUT2D eigenvalue weighted by Gasteiger charge is -2.37. The second-order valence-corrected chi connectivity index (χ2v) is 7.12. The molecule has 1 amide bonds. The molecule has 1 aliphatic heterocycles. The van der Waals surface area contributed by atoms with E-state index in [-0.39, 0.29) is 18.0 Å². The molecule has 4 nitrogen and oxygen atoms in total. The Morgan fingerprint density at radius 1 is 1.35 bits per heavy atom. The molecule has 1 aliphatic rings. The number of carbonyl (C=O) groups is 1. The van der Waals surface area contributed by atoms with Crippen LogP contribution in [-0.4, -0.2) is 35.5 Å². The van der Waals surface area contributed by atoms with Crippen LogP contribution in [0.3, 0.4) is 0 Å². The van der Waals surface area contributed by atoms with Gasteiger partial charge < -0.3 is 15.4 Å². The summed E-state index contributed by atoms with van der Waals surface area (Å²) in [6.07, 6.45) is 1.25. The van der Waals surface area contributed by atoms with Crippen molar-refractivity contribution in [2.24, 2.45) is 5.73 Å². The third-order valence-electron chi connectivity index (χ3n) is 4.64. The molecule has 0 saturated carbocycles. The number of ether oxygens (including phenoxy) is 1. The topological polar surface area (TPSA) is 55.6 Å². The fraction of sp³-hybridized carbons (Fsp3) is 0.632. The summed E-state index contributed by atoms with van der Waals surface area (Å²) in [4.78, 5) is 14.7. The lowest BCUT2D eigenvalue weighted by atomic mass is 9.98. The first kappa shape index (κ1) is 17.8. The average molecular weight is 318 g/mol. The summed E-state index contributed by atoms with van der Waals surface area (Å²) in [5.74, 6) is 1.24. The van der Waals surface area contributed by atoms with Gasteiger partial charge in [0.05, 0.1) is 0 Å². The van der Waals surface area contributed by atoms with Crippen molar-refractivity contribution in [2.45, 2.75) is 71.6 Å². The minimum Gasteiger partial charge on any atom is -0.481 e. The summed E-state index contributed by atoms with van der Waals surface area (Å²) >= 11 is 0. The number of nitrogens with zero attached hydrogens (tertiary/aromatic N) is 1. The third-order valence-corrected chi connectivity index (χ3v) is 4.64. The quantitative estimate of drug-likeness (QED) is 0.927. The highest BCUT2D eigenvalue weighted by Crippen LogP contribution is 2.29. The monoisotopic (exact) mass is 318 g/mol. The van der Waals surface area contributed by atoms with E-state index in [2.05, 4.69) is 32.9 Å². The van der Waals surface area contributed by atoms with Gasteiger partial charge in [-0.25, -0.2) is 0 Å². The molecule has 1 aromatic carbocycles. The molecule has 0 bridgehead atoms. The molecule has 0 aromatic heterocycles. The van der Waals surface area contributed by atoms with Crippen LogP contribution in [0.5, 0.6) is 5.75 Å². The molecule has 128 valence electrons. The van der Waals surface area contributed by atoms with Gasteiger partial charge >= 0.3 is 0 Å². The summed E-state index contributed by atoms with van der Waals surface area (Å²) in [7, 11) is 0. The van der Waals surface area contributed by atoms with Crippen molar-refractivity contribution in [1.29, 1.82) is 0 Å². The number of benzene rings is 1. The Labute approximate surface area is 140 Å². The van der Waals surface area contributed by atoms with Crippen molar-refractivity contribution in [2.75, 3.05) is 6.54 Å². The number of hydrogen-bond acceptors (Lipinski definition) is 3. The molecular formula is C19H30N2O2. The zero-order valence-corrected chi connectivity index (χ0v) is 15.0. The van der Waals surface area contributed by atoms with Crippen molar-refractivity contribution in [3.63, 3.8) is 0 Å². The van der Waals surface area contributed by atoms with E-state index in [0.29, 0.717) is 5.92 Å². The smallest absolute Gasteiger partial charge is 0.263 e. The van der Waals surface area contributed by atoms with Crippen molar-refractivity contribution in [1.82, 2.24) is 4.90 Å². The van der Waals surface area contributed by atoms with E-state index in [1.165, 1.54) is 0 Å². The molecule has 3 atom stereocenters. The number of piperidine rings is 1. The van der Waals surface area contributed by atoms with Crippen LogP contribution in [0.1, 0.15) is 57.6 Å². The normalized spacial score (nSPS) is 23.0. The van der Waals surface area contributed by atoms with E-state index < -0.39 is 6.10 Å². The molecular weight excluding hydrogens is 288 g/mol. The van der Waals surface area contributed by atoms with Gasteiger partial charge in [-0.3, -0.25) is 4.79 Å². The second kappa shape index (κ2) is 7.35. The molecule has 0 spiro atoms. The maximum Gasteiger partial charge on any atom is 0.263 e. The lowest BCUT2D eigenvalue weighted by molar-refractivity contribution is -0.141. The Balaban J connectivity index is 2.11. The van der Waals surface area contributed by atoms with Crippen LogP contribution < -0.4 is 10.5 Å². The Morgan fingerprint density at radius 2 is 2.04 bits per heavy atom. The number of likely N-dealkylation sites (tertiary alicyclic amines) is 1. The molecule has 0 aliphatic carbocycles. The van der Waals surface area contributed by atoms with E-state index in [9.17, 15) is 4.79 Å². The van der Waals surface area contributed by atoms with Crippen LogP contribution in [0.25, 0.3) is 0 Å². The molecule has 0 radical (unpaired) electrons. The van der Waals surface area contributed by atoms with Crippen LogP contribution >= 0.6 is 0 Å². The van der Waals surface area contributed by atoms with Gasteiger partial charge in [-0.15, -0.1) is 0 Å². The highest BCUT2D eigenvalue weighted by Gasteiger charge is 2.31. The molecule has 1 aromatic rings. The maximum absolute atomic E-state index is 12.7. The Kier molecular flexibility index (Phi) is 5.69. The first-order chi connectivity index (χ1) is 10.8. The number of nitrogens with two attached hydrogens (primary N) is 1. The van der Waals surface area contributed by atoms with Gasteiger partial charge in [-0.05, 0) is 56.7 Å². The summed E-state index contributed by atoms with van der Waals surface area (Å²) in [5, 5.41) is 0. The first-order valence-electron chi connectivity index (χ1n) is 8.62. The molecule has 2 N–H and O–H groups in total. The fourth-order valence-electron chi connectivity index (χ4n) is 3.23. The lowest BCUT2D eigenvalue weighted by Crippen LogP contribution is -2.52. The third kappa shape index (κ3) is 4.25. The molecule has 4 heteroatoms. The number of hydrogen-bond donors (Lipinski definition) is 1. The van der Waals surface area contributed by atoms with Crippen LogP contribution in [0, 0.1) is 6.92 Å². The molecule has 1 fully saturated rings. The van der Waals surface area contributed by atoms with Crippen molar-refractivity contribution in [3.05, 3.63) is 29.3 Å². The van der Waals surface area contributed by atoms with Gasteiger partial charge in [0.15, 0.2) is 6.10 Å². The number of amides is 1. The van der Waals surface area contributed by atoms with Crippen LogP contribution in [0.4, 0.5) is 0 Å². The number of aryl methyl sites for hydroxylation is 1. The highest BCUT2D eigenvalue weighted by atomic mass is 16.5. The van der Waals surface area contributed by atoms with Gasteiger partial charge in [0.25, 0.3) is 5.91 Å². The van der Waals surface area contributed by atoms with Crippen molar-refractivity contribution >= 4 is 5.91 Å². The largest absolute Gasteiger partial charge is 0.481 e. The van der Waals surface area contributed by atoms with E-state index in [4.69, 9.17) is 10.5 Å². The van der Waals surface area contributed by atoms with Crippen LogP contribution in [0.15, 0.2) is 18.2 Å². The van der Waals surface area contributed by atoms with E-state index in [1.807, 2.05) is 24.8 Å². The van der Waals surface area contributed by atoms with Gasteiger partial charge in [-0.1, -0.05) is 26.0 Å². The van der Waals surface area contributed by atoms with Gasteiger partial charge in [-0.2, -0.15) is 0 Å². The van der Waals surface area contributed by atoms with E-state index >= 15 is 0 Å². The van der Waals surface area contributed by atoms with Crippen molar-refractivity contribution in [3.8, 4) is 5.75 Å². The average Bonchev–Trinajstić information content (AvgIpc) is 2.46. The maximum atomic E-state index is 12.7. The van der Waals surface area contributed by atoms with E-state index in [0.717, 1.165) is 36.3 Å². The van der Waals surface area contributed by atoms with Crippen molar-refractivity contribution < 1.29 is 9.53 Å². The molecule has 2 rings (SSSR count). The van der Waals surface area contributed by atoms with Crippen LogP contribution in [-0.2, 0) is 4.79 Å². The summed E-state index contributed by atoms with van der Waals surface area (Å²) in [6, 6.07) is 6.58. The summed E-state index contributed by atoms with van der Waals surface area (Å²) < 4.78 is 6.06. The molecule has 1 heterocycles. The summed E-state index contributed by atoms with van der Waals surface area (Å²) in [5.41, 5.74) is 8.27. The molecule has 23 heavy (non-hydrogen) atoms. The second-order valence-electron chi connectivity index (χ2n) is 7.12. The Morgan fingerprint density at radius 3 is 2.65 bits per heavy atom. The SMILES string of the molecule is Cc1ccc(C(C)C)c(OC(C)C(=O)N2CCC(N)CC2C)c1. The minimum absolute atomic E-state index is 0.0561. The van der Waals surface area contributed by atoms with E-state index in [1.54, 1.807) is 0 Å². The minimum atomic E-state index is -0.480. The zero-order valence-electron chi connectivity index (χ0n) is 15.0. The number of rotatable bonds is 4. The summed E-state index contributed by atoms with van der Waals surface area (Å²) in [6.45, 7) is 10.9.